The molecule has 1 amide bonds. The number of phosphoric ester groups is 1. The van der Waals surface area contributed by atoms with Gasteiger partial charge in [-0.25, -0.2) is 4.57 Å². The van der Waals surface area contributed by atoms with E-state index < -0.39 is 20.0 Å². The molecule has 0 radical (unpaired) electrons. The molecule has 0 saturated carbocycles. The predicted molar refractivity (Wildman–Crippen MR) is 345 cm³/mol. The van der Waals surface area contributed by atoms with Gasteiger partial charge in [0, 0.05) is 6.42 Å². The molecule has 0 saturated heterocycles. The van der Waals surface area contributed by atoms with Gasteiger partial charge in [-0.05, 0) is 103 Å². The lowest BCUT2D eigenvalue weighted by Gasteiger charge is -2.25. The molecule has 0 rings (SSSR count). The van der Waals surface area contributed by atoms with Gasteiger partial charge in [-0.1, -0.05) is 276 Å². The number of hydrogen-bond donors (Lipinski definition) is 3. The number of nitrogens with zero attached hydrogens (tertiary/aromatic N) is 1. The third-order valence-electron chi connectivity index (χ3n) is 13.6. The van der Waals surface area contributed by atoms with Crippen LogP contribution in [0.4, 0.5) is 0 Å². The number of unbranched alkanes of at least 4 members (excludes halogenated alkanes) is 24. The molecule has 0 aromatic rings. The number of carbonyl (C=O) groups is 1. The lowest BCUT2D eigenvalue weighted by molar-refractivity contribution is -0.870. The molecule has 3 unspecified atom stereocenters. The van der Waals surface area contributed by atoms with E-state index in [1.807, 2.05) is 27.2 Å². The SMILES string of the molecule is CC/C=C\C/C=C\C/C=C\C/C=C\C/C=C\C/C=C\C/C=C\C/C=C\C/C=C\CCCCCCCCCC(=O)NC(COP(=O)(O)OCC[N+](C)(C)C)C(O)/C=C/CC/C=C/CCCCCCCCCCCCCCCCCC. The number of quaternary nitrogens is 1. The zero-order valence-corrected chi connectivity index (χ0v) is 52.5. The van der Waals surface area contributed by atoms with Crippen LogP contribution in [0.15, 0.2) is 134 Å². The summed E-state index contributed by atoms with van der Waals surface area (Å²) in [6.45, 7) is 4.67. The van der Waals surface area contributed by atoms with Crippen LogP contribution in [0, 0.1) is 0 Å². The van der Waals surface area contributed by atoms with E-state index in [-0.39, 0.29) is 19.1 Å². The average Bonchev–Trinajstić information content (AvgIpc) is 3.42. The number of aliphatic hydroxyl groups is 1. The van der Waals surface area contributed by atoms with Gasteiger partial charge in [0.1, 0.15) is 13.2 Å². The Kier molecular flexibility index (Phi) is 56.7. The van der Waals surface area contributed by atoms with Crippen LogP contribution in [-0.4, -0.2) is 73.4 Å². The van der Waals surface area contributed by atoms with E-state index in [1.165, 1.54) is 122 Å². The Balaban J connectivity index is 4.25. The highest BCUT2D eigenvalue weighted by Gasteiger charge is 2.27. The van der Waals surface area contributed by atoms with E-state index in [0.717, 1.165) is 109 Å². The molecule has 0 aliphatic carbocycles. The van der Waals surface area contributed by atoms with Gasteiger partial charge in [0.25, 0.3) is 0 Å². The molecule has 452 valence electrons. The summed E-state index contributed by atoms with van der Waals surface area (Å²) in [6.07, 6.45) is 90.0. The van der Waals surface area contributed by atoms with E-state index in [9.17, 15) is 19.4 Å². The second kappa shape index (κ2) is 59.3. The molecule has 0 aromatic heterocycles. The number of carbonyl (C=O) groups excluding carboxylic acids is 1. The molecule has 0 aliphatic rings. The van der Waals surface area contributed by atoms with E-state index >= 15 is 0 Å². The number of nitrogens with one attached hydrogen (secondary N) is 1. The van der Waals surface area contributed by atoms with E-state index in [1.54, 1.807) is 6.08 Å². The van der Waals surface area contributed by atoms with E-state index in [0.29, 0.717) is 17.4 Å². The number of phosphoric acid groups is 1. The highest BCUT2D eigenvalue weighted by atomic mass is 31.2. The van der Waals surface area contributed by atoms with Crippen molar-refractivity contribution in [3.05, 3.63) is 134 Å². The molecule has 0 spiro atoms. The van der Waals surface area contributed by atoms with Crippen molar-refractivity contribution in [1.82, 2.24) is 5.32 Å². The van der Waals surface area contributed by atoms with Crippen LogP contribution in [0.1, 0.15) is 251 Å². The van der Waals surface area contributed by atoms with E-state index in [4.69, 9.17) is 9.05 Å². The van der Waals surface area contributed by atoms with Crippen molar-refractivity contribution < 1.29 is 32.9 Å². The number of hydrogen-bond acceptors (Lipinski definition) is 5. The minimum atomic E-state index is -4.37. The molecule has 0 aromatic carbocycles. The zero-order chi connectivity index (χ0) is 57.7. The molecule has 79 heavy (non-hydrogen) atoms. The third-order valence-corrected chi connectivity index (χ3v) is 14.6. The van der Waals surface area contributed by atoms with Gasteiger partial charge in [0.15, 0.2) is 0 Å². The fourth-order valence-corrected chi connectivity index (χ4v) is 9.37. The fourth-order valence-electron chi connectivity index (χ4n) is 8.64. The van der Waals surface area contributed by atoms with Crippen LogP contribution in [0.2, 0.25) is 0 Å². The number of likely N-dealkylation sites (N-methyl/N-ethyl adjacent to an activating group) is 1. The minimum Gasteiger partial charge on any atom is -0.387 e. The summed E-state index contributed by atoms with van der Waals surface area (Å²) in [7, 11) is 1.53. The molecular weight excluding hydrogens is 996 g/mol. The summed E-state index contributed by atoms with van der Waals surface area (Å²) in [4.78, 5) is 23.4. The van der Waals surface area contributed by atoms with Gasteiger partial charge in [-0.2, -0.15) is 0 Å². The second-order valence-corrected chi connectivity index (χ2v) is 23.8. The first kappa shape index (κ1) is 75.6. The number of amides is 1. The van der Waals surface area contributed by atoms with Gasteiger partial charge in [-0.15, -0.1) is 0 Å². The van der Waals surface area contributed by atoms with Crippen molar-refractivity contribution in [2.45, 2.75) is 264 Å². The molecule has 0 heterocycles. The normalized spacial score (nSPS) is 14.7. The maximum absolute atomic E-state index is 13.0. The summed E-state index contributed by atoms with van der Waals surface area (Å²) in [5, 5.41) is 13.9. The summed E-state index contributed by atoms with van der Waals surface area (Å²) in [5.74, 6) is -0.202. The van der Waals surface area contributed by atoms with Gasteiger partial charge in [0.05, 0.1) is 39.9 Å². The van der Waals surface area contributed by atoms with Crippen LogP contribution < -0.4 is 5.32 Å². The largest absolute Gasteiger partial charge is 0.472 e. The van der Waals surface area contributed by atoms with Crippen molar-refractivity contribution in [2.75, 3.05) is 40.9 Å². The Bertz CT molecular complexity index is 1750. The smallest absolute Gasteiger partial charge is 0.387 e. The minimum absolute atomic E-state index is 0.0470. The maximum Gasteiger partial charge on any atom is 0.472 e. The highest BCUT2D eigenvalue weighted by molar-refractivity contribution is 7.47. The lowest BCUT2D eigenvalue weighted by Crippen LogP contribution is -2.45. The van der Waals surface area contributed by atoms with Crippen LogP contribution in [0.25, 0.3) is 0 Å². The second-order valence-electron chi connectivity index (χ2n) is 22.4. The number of allylic oxidation sites excluding steroid dienone is 21. The summed E-state index contributed by atoms with van der Waals surface area (Å²) < 4.78 is 23.7. The van der Waals surface area contributed by atoms with Crippen molar-refractivity contribution in [1.29, 1.82) is 0 Å². The average molecular weight is 1120 g/mol. The summed E-state index contributed by atoms with van der Waals surface area (Å²) in [6, 6.07) is -0.881. The van der Waals surface area contributed by atoms with Crippen LogP contribution in [-0.2, 0) is 18.4 Å². The quantitative estimate of drug-likeness (QED) is 0.0243. The first-order valence-corrected chi connectivity index (χ1v) is 33.6. The first-order chi connectivity index (χ1) is 38.5. The van der Waals surface area contributed by atoms with Gasteiger partial charge in [-0.3, -0.25) is 13.8 Å². The maximum atomic E-state index is 13.0. The van der Waals surface area contributed by atoms with Crippen molar-refractivity contribution in [3.8, 4) is 0 Å². The van der Waals surface area contributed by atoms with Crippen molar-refractivity contribution >= 4 is 13.7 Å². The topological polar surface area (TPSA) is 105 Å². The Labute approximate surface area is 487 Å². The number of aliphatic hydroxyl groups excluding tert-OH is 1. The molecule has 3 N–H and O–H groups in total. The van der Waals surface area contributed by atoms with Crippen LogP contribution in [0.3, 0.4) is 0 Å². The molecule has 0 bridgehead atoms. The molecule has 0 aliphatic heterocycles. The van der Waals surface area contributed by atoms with Crippen LogP contribution >= 0.6 is 7.82 Å². The Morgan fingerprint density at radius 3 is 1.16 bits per heavy atom. The highest BCUT2D eigenvalue weighted by Crippen LogP contribution is 2.43. The van der Waals surface area contributed by atoms with Crippen molar-refractivity contribution in [2.24, 2.45) is 0 Å². The lowest BCUT2D eigenvalue weighted by atomic mass is 10.0. The predicted octanol–water partition coefficient (Wildman–Crippen LogP) is 20.3. The van der Waals surface area contributed by atoms with Gasteiger partial charge >= 0.3 is 7.82 Å². The molecule has 3 atom stereocenters. The molecule has 8 nitrogen and oxygen atoms in total. The first-order valence-electron chi connectivity index (χ1n) is 32.1. The third kappa shape index (κ3) is 62.1. The zero-order valence-electron chi connectivity index (χ0n) is 51.6. The molecule has 9 heteroatoms. The number of rotatable bonds is 57. The fraction of sp³-hybridized carbons (Fsp3) is 0.671. The Morgan fingerprint density at radius 1 is 0.443 bits per heavy atom. The van der Waals surface area contributed by atoms with Gasteiger partial charge < -0.3 is 19.8 Å². The molecular formula is C70H122N2O6P+. The van der Waals surface area contributed by atoms with Crippen LogP contribution in [0.5, 0.6) is 0 Å². The van der Waals surface area contributed by atoms with Gasteiger partial charge in [0.2, 0.25) is 5.91 Å². The van der Waals surface area contributed by atoms with Crippen molar-refractivity contribution in [3.63, 3.8) is 0 Å². The Hall–Kier alpha value is -3.36. The summed E-state index contributed by atoms with van der Waals surface area (Å²) in [5.41, 5.74) is 0. The van der Waals surface area contributed by atoms with E-state index in [2.05, 4.69) is 141 Å². The summed E-state index contributed by atoms with van der Waals surface area (Å²) >= 11 is 0. The standard InChI is InChI=1S/C70H121N2O6P/c1-6-8-10-12-14-16-18-20-22-24-26-28-30-31-32-33-34-35-36-37-38-39-40-41-42-44-46-48-50-52-54-56-58-60-62-64-70(74)71-68(67-78-79(75,76)77-66-65-72(3,4)5)69(73)63-61-59-57-55-53-51-49-47-45-43-29-27-25-23-21-19-17-15-13-11-9-7-2/h8,10,14,16,20,22,26,28,31-32,34-35,37-38,40-41,44,46,53,55,61,63,68-69,73H,6-7,9,11-13,15,17-19,21,23-25,27,29-30,33,36,39,42-43,45,47-52,54,56-60,62,64-67H2,1-5H3,(H-,71,74,75,76)/p+1/b10-8-,16-14-,22-20-,28-26-,32-31-,35-34-,38-37-,41-40-,46-44-,55-53+,63-61+. The monoisotopic (exact) mass is 1120 g/mol. The molecule has 0 fully saturated rings. The Morgan fingerprint density at radius 2 is 0.772 bits per heavy atom.